The van der Waals surface area contributed by atoms with Crippen LogP contribution in [-0.2, 0) is 4.79 Å². The molecule has 0 saturated heterocycles. The molecular formula is C10H9BrO. The number of halogens is 1. The van der Waals surface area contributed by atoms with Crippen molar-refractivity contribution < 1.29 is 4.79 Å². The fourth-order valence-corrected chi connectivity index (χ4v) is 7.32. The van der Waals surface area contributed by atoms with E-state index in [1.54, 1.807) is 0 Å². The highest BCUT2D eigenvalue weighted by Gasteiger charge is 2.92. The van der Waals surface area contributed by atoms with Gasteiger partial charge in [0.15, 0.2) is 5.78 Å². The van der Waals surface area contributed by atoms with Crippen LogP contribution in [0.2, 0.25) is 0 Å². The summed E-state index contributed by atoms with van der Waals surface area (Å²) in [4.78, 5) is 12.0. The van der Waals surface area contributed by atoms with Crippen LogP contribution in [0.5, 0.6) is 0 Å². The first-order valence-electron chi connectivity index (χ1n) is 4.99. The van der Waals surface area contributed by atoms with Gasteiger partial charge in [-0.05, 0) is 41.9 Å². The number of ketones is 1. The van der Waals surface area contributed by atoms with Crippen molar-refractivity contribution in [2.24, 2.45) is 41.4 Å². The number of rotatable bonds is 0. The number of hydrogen-bond donors (Lipinski definition) is 0. The van der Waals surface area contributed by atoms with Crippen molar-refractivity contribution in [3.8, 4) is 0 Å². The minimum atomic E-state index is 0.0324. The van der Waals surface area contributed by atoms with E-state index >= 15 is 0 Å². The molecule has 0 aliphatic heterocycles. The zero-order chi connectivity index (χ0) is 7.83. The Morgan fingerprint density at radius 2 is 2.08 bits per heavy atom. The van der Waals surface area contributed by atoms with E-state index in [4.69, 9.17) is 0 Å². The second kappa shape index (κ2) is 1.18. The SMILES string of the molecule is O=C1C2C3CC4C2C2C4C3C12Br. The number of carbonyl (C=O) groups excluding carboxylic acids is 1. The van der Waals surface area contributed by atoms with Gasteiger partial charge in [0.1, 0.15) is 0 Å². The molecule has 6 saturated carbocycles. The topological polar surface area (TPSA) is 17.1 Å². The van der Waals surface area contributed by atoms with Crippen molar-refractivity contribution in [1.82, 2.24) is 0 Å². The van der Waals surface area contributed by atoms with Crippen LogP contribution in [0.15, 0.2) is 0 Å². The Balaban J connectivity index is 1.93. The summed E-state index contributed by atoms with van der Waals surface area (Å²) in [6.07, 6.45) is 1.40. The molecule has 1 nitrogen and oxygen atoms in total. The molecule has 6 fully saturated rings. The maximum atomic E-state index is 12.0. The zero-order valence-electron chi connectivity index (χ0n) is 6.53. The van der Waals surface area contributed by atoms with Crippen molar-refractivity contribution >= 4 is 21.7 Å². The van der Waals surface area contributed by atoms with Crippen molar-refractivity contribution in [2.75, 3.05) is 0 Å². The van der Waals surface area contributed by atoms with E-state index in [2.05, 4.69) is 15.9 Å². The summed E-state index contributed by atoms with van der Waals surface area (Å²) in [7, 11) is 0. The molecule has 6 aliphatic carbocycles. The van der Waals surface area contributed by atoms with Gasteiger partial charge in [-0.1, -0.05) is 15.9 Å². The first-order valence-corrected chi connectivity index (χ1v) is 5.79. The molecule has 0 aromatic rings. The van der Waals surface area contributed by atoms with Crippen LogP contribution in [0.4, 0.5) is 0 Å². The maximum Gasteiger partial charge on any atom is 0.153 e. The van der Waals surface area contributed by atoms with Crippen LogP contribution in [0, 0.1) is 41.4 Å². The number of hydrogen-bond acceptors (Lipinski definition) is 1. The normalized spacial score (nSPS) is 84.4. The van der Waals surface area contributed by atoms with Gasteiger partial charge in [0.2, 0.25) is 0 Å². The molecule has 0 heterocycles. The standard InChI is InChI=1S/C10H9BrO/c11-10-7-3-1-2-4(5(3)9(10)12)8(10)6(2)7/h2-8H,1H2. The minimum Gasteiger partial charge on any atom is -0.298 e. The van der Waals surface area contributed by atoms with Gasteiger partial charge in [-0.3, -0.25) is 4.79 Å². The van der Waals surface area contributed by atoms with Crippen molar-refractivity contribution in [2.45, 2.75) is 10.7 Å². The Bertz CT molecular complexity index is 350. The quantitative estimate of drug-likeness (QED) is 0.570. The van der Waals surface area contributed by atoms with Crippen LogP contribution in [0.1, 0.15) is 6.42 Å². The van der Waals surface area contributed by atoms with E-state index in [1.807, 2.05) is 0 Å². The summed E-state index contributed by atoms with van der Waals surface area (Å²) in [5, 5.41) is 0. The molecule has 62 valence electrons. The van der Waals surface area contributed by atoms with Gasteiger partial charge in [0.25, 0.3) is 0 Å². The van der Waals surface area contributed by atoms with E-state index in [0.29, 0.717) is 11.7 Å². The van der Waals surface area contributed by atoms with Gasteiger partial charge >= 0.3 is 0 Å². The predicted molar refractivity (Wildman–Crippen MR) is 45.7 cm³/mol. The molecule has 8 atom stereocenters. The van der Waals surface area contributed by atoms with Gasteiger partial charge in [-0.15, -0.1) is 0 Å². The second-order valence-corrected chi connectivity index (χ2v) is 6.74. The average molecular weight is 225 g/mol. The van der Waals surface area contributed by atoms with Crippen LogP contribution in [0.25, 0.3) is 0 Å². The summed E-state index contributed by atoms with van der Waals surface area (Å²) < 4.78 is 0.0324. The molecule has 0 amide bonds. The Labute approximate surface area is 79.0 Å². The van der Waals surface area contributed by atoms with Crippen molar-refractivity contribution in [1.29, 1.82) is 0 Å². The van der Waals surface area contributed by atoms with E-state index in [0.717, 1.165) is 35.5 Å². The second-order valence-electron chi connectivity index (χ2n) is 5.43. The van der Waals surface area contributed by atoms with Crippen LogP contribution < -0.4 is 0 Å². The lowest BCUT2D eigenvalue weighted by Crippen LogP contribution is -2.68. The Hall–Kier alpha value is 0.150. The van der Waals surface area contributed by atoms with Gasteiger partial charge in [0, 0.05) is 5.92 Å². The van der Waals surface area contributed by atoms with E-state index in [9.17, 15) is 4.79 Å². The highest BCUT2D eigenvalue weighted by Crippen LogP contribution is 2.90. The Kier molecular flexibility index (Phi) is 0.571. The highest BCUT2D eigenvalue weighted by molar-refractivity contribution is 9.10. The van der Waals surface area contributed by atoms with Gasteiger partial charge in [-0.25, -0.2) is 0 Å². The van der Waals surface area contributed by atoms with Gasteiger partial charge < -0.3 is 0 Å². The van der Waals surface area contributed by atoms with E-state index < -0.39 is 0 Å². The third kappa shape index (κ3) is 0.251. The zero-order valence-corrected chi connectivity index (χ0v) is 8.12. The van der Waals surface area contributed by atoms with Crippen molar-refractivity contribution in [3.05, 3.63) is 0 Å². The van der Waals surface area contributed by atoms with Gasteiger partial charge in [0.05, 0.1) is 4.32 Å². The molecule has 8 unspecified atom stereocenters. The molecule has 6 aliphatic rings. The molecule has 0 spiro atoms. The number of alkyl halides is 1. The predicted octanol–water partition coefficient (Wildman–Crippen LogP) is 1.46. The molecular weight excluding hydrogens is 216 g/mol. The van der Waals surface area contributed by atoms with E-state index in [1.165, 1.54) is 6.42 Å². The Morgan fingerprint density at radius 3 is 2.67 bits per heavy atom. The maximum absolute atomic E-state index is 12.0. The van der Waals surface area contributed by atoms with Crippen LogP contribution >= 0.6 is 15.9 Å². The largest absolute Gasteiger partial charge is 0.298 e. The Morgan fingerprint density at radius 1 is 1.25 bits per heavy atom. The molecule has 6 rings (SSSR count). The monoisotopic (exact) mass is 224 g/mol. The fourth-order valence-electron chi connectivity index (χ4n) is 5.80. The summed E-state index contributed by atoms with van der Waals surface area (Å²) in [5.41, 5.74) is 0. The molecule has 12 heavy (non-hydrogen) atoms. The smallest absolute Gasteiger partial charge is 0.153 e. The summed E-state index contributed by atoms with van der Waals surface area (Å²) in [5.74, 6) is 6.35. The van der Waals surface area contributed by atoms with Gasteiger partial charge in [-0.2, -0.15) is 0 Å². The minimum absolute atomic E-state index is 0.0324. The molecule has 0 radical (unpaired) electrons. The molecule has 2 heteroatoms. The average Bonchev–Trinajstić information content (AvgIpc) is 2.52. The molecule has 0 aromatic carbocycles. The van der Waals surface area contributed by atoms with Crippen LogP contribution in [-0.4, -0.2) is 10.1 Å². The van der Waals surface area contributed by atoms with Crippen molar-refractivity contribution in [3.63, 3.8) is 0 Å². The number of Topliss-reactive ketones (excluding diaryl/α,β-unsaturated/α-hetero) is 1. The lowest BCUT2D eigenvalue weighted by Gasteiger charge is -2.66. The lowest BCUT2D eigenvalue weighted by molar-refractivity contribution is -0.151. The van der Waals surface area contributed by atoms with Crippen LogP contribution in [0.3, 0.4) is 0 Å². The fraction of sp³-hybridized carbons (Fsp3) is 0.900. The summed E-state index contributed by atoms with van der Waals surface area (Å²) in [6, 6.07) is 0. The number of carbonyl (C=O) groups is 1. The lowest BCUT2D eigenvalue weighted by atomic mass is 9.41. The summed E-state index contributed by atoms with van der Waals surface area (Å²) in [6.45, 7) is 0. The summed E-state index contributed by atoms with van der Waals surface area (Å²) >= 11 is 3.76. The third-order valence-electron chi connectivity index (χ3n) is 5.76. The van der Waals surface area contributed by atoms with E-state index in [-0.39, 0.29) is 4.32 Å². The third-order valence-corrected chi connectivity index (χ3v) is 7.21. The molecule has 0 N–H and O–H groups in total. The molecule has 0 aromatic heterocycles. The first-order chi connectivity index (χ1) is 5.76. The molecule has 4 bridgehead atoms. The highest BCUT2D eigenvalue weighted by atomic mass is 79.9. The first kappa shape index (κ1) is 5.79.